The Balaban J connectivity index is 2.05. The van der Waals surface area contributed by atoms with Crippen molar-refractivity contribution in [2.45, 2.75) is 45.2 Å². The molecule has 1 aromatic heterocycles. The number of piperidine rings is 1. The van der Waals surface area contributed by atoms with E-state index >= 15 is 0 Å². The van der Waals surface area contributed by atoms with Gasteiger partial charge in [-0.05, 0) is 39.7 Å². The lowest BCUT2D eigenvalue weighted by Crippen LogP contribution is -2.57. The monoisotopic (exact) mass is 372 g/mol. The van der Waals surface area contributed by atoms with Crippen LogP contribution in [0.4, 0.5) is 16.2 Å². The zero-order valence-electron chi connectivity index (χ0n) is 15.8. The average molecular weight is 372 g/mol. The van der Waals surface area contributed by atoms with E-state index in [9.17, 15) is 20.0 Å². The van der Waals surface area contributed by atoms with E-state index < -0.39 is 16.6 Å². The highest BCUT2D eigenvalue weighted by atomic mass is 16.6. The first-order chi connectivity index (χ1) is 12.7. The Morgan fingerprint density at radius 1 is 1.37 bits per heavy atom. The summed E-state index contributed by atoms with van der Waals surface area (Å²) < 4.78 is 0. The molecule has 8 heteroatoms. The van der Waals surface area contributed by atoms with Gasteiger partial charge in [0, 0.05) is 24.0 Å². The SMILES string of the molecule is CC(C)(C)N(C(=O)O)[C@H]1CCCN(c2c([N+](=O)[O-])cnc3ccccc23)C1. The lowest BCUT2D eigenvalue weighted by molar-refractivity contribution is -0.384. The van der Waals surface area contributed by atoms with Crippen LogP contribution in [0, 0.1) is 10.1 Å². The van der Waals surface area contributed by atoms with Gasteiger partial charge in [0.15, 0.2) is 0 Å². The van der Waals surface area contributed by atoms with E-state index in [1.54, 1.807) is 0 Å². The second-order valence-electron chi connectivity index (χ2n) is 7.83. The predicted molar refractivity (Wildman–Crippen MR) is 103 cm³/mol. The van der Waals surface area contributed by atoms with Gasteiger partial charge in [0.05, 0.1) is 16.5 Å². The molecule has 1 N–H and O–H groups in total. The maximum Gasteiger partial charge on any atom is 0.408 e. The molecule has 3 rings (SSSR count). The third-order valence-corrected chi connectivity index (χ3v) is 4.93. The summed E-state index contributed by atoms with van der Waals surface area (Å²) in [5, 5.41) is 22.1. The van der Waals surface area contributed by atoms with Crippen LogP contribution in [0.3, 0.4) is 0 Å². The van der Waals surface area contributed by atoms with Crippen LogP contribution in [0.1, 0.15) is 33.6 Å². The number of rotatable bonds is 3. The van der Waals surface area contributed by atoms with Crippen molar-refractivity contribution >= 4 is 28.4 Å². The standard InChI is InChI=1S/C19H24N4O4/c1-19(2,3)22(18(24)25)13-7-6-10-21(12-13)17-14-8-4-5-9-15(14)20-11-16(17)23(26)27/h4-5,8-9,11,13H,6-7,10,12H2,1-3H3,(H,24,25)/t13-/m0/s1. The number of hydrogen-bond acceptors (Lipinski definition) is 5. The molecule has 2 aromatic rings. The van der Waals surface area contributed by atoms with Crippen molar-refractivity contribution in [2.24, 2.45) is 0 Å². The van der Waals surface area contributed by atoms with E-state index in [0.29, 0.717) is 29.7 Å². The van der Waals surface area contributed by atoms with Gasteiger partial charge in [-0.15, -0.1) is 0 Å². The molecular weight excluding hydrogens is 348 g/mol. The van der Waals surface area contributed by atoms with Gasteiger partial charge in [-0.25, -0.2) is 9.78 Å². The molecule has 1 aromatic carbocycles. The summed E-state index contributed by atoms with van der Waals surface area (Å²) >= 11 is 0. The van der Waals surface area contributed by atoms with Crippen molar-refractivity contribution in [1.82, 2.24) is 9.88 Å². The Morgan fingerprint density at radius 3 is 2.70 bits per heavy atom. The first kappa shape index (κ1) is 18.9. The summed E-state index contributed by atoms with van der Waals surface area (Å²) in [4.78, 5) is 30.7. The summed E-state index contributed by atoms with van der Waals surface area (Å²) in [5.41, 5.74) is 0.610. The molecule has 1 atom stereocenters. The van der Waals surface area contributed by atoms with Crippen LogP contribution in [0.25, 0.3) is 10.9 Å². The van der Waals surface area contributed by atoms with Crippen LogP contribution in [0.2, 0.25) is 0 Å². The van der Waals surface area contributed by atoms with Gasteiger partial charge in [0.25, 0.3) is 0 Å². The van der Waals surface area contributed by atoms with Crippen molar-refractivity contribution in [3.63, 3.8) is 0 Å². The molecule has 0 unspecified atom stereocenters. The summed E-state index contributed by atoms with van der Waals surface area (Å²) in [6.45, 7) is 6.65. The maximum atomic E-state index is 11.9. The molecule has 2 heterocycles. The van der Waals surface area contributed by atoms with Crippen LogP contribution in [0.15, 0.2) is 30.5 Å². The van der Waals surface area contributed by atoms with Gasteiger partial charge in [-0.2, -0.15) is 0 Å². The summed E-state index contributed by atoms with van der Waals surface area (Å²) in [6, 6.07) is 7.09. The van der Waals surface area contributed by atoms with Gasteiger partial charge in [-0.3, -0.25) is 15.0 Å². The van der Waals surface area contributed by atoms with Gasteiger partial charge in [-0.1, -0.05) is 18.2 Å². The second-order valence-corrected chi connectivity index (χ2v) is 7.83. The fraction of sp³-hybridized carbons (Fsp3) is 0.474. The fourth-order valence-corrected chi connectivity index (χ4v) is 3.94. The van der Waals surface area contributed by atoms with Gasteiger partial charge >= 0.3 is 11.8 Å². The van der Waals surface area contributed by atoms with E-state index in [2.05, 4.69) is 4.98 Å². The molecule has 1 saturated heterocycles. The number of anilines is 1. The summed E-state index contributed by atoms with van der Waals surface area (Å²) in [7, 11) is 0. The summed E-state index contributed by atoms with van der Waals surface area (Å²) in [5.74, 6) is 0. The van der Waals surface area contributed by atoms with Gasteiger partial charge in [0.2, 0.25) is 0 Å². The topological polar surface area (TPSA) is 99.8 Å². The number of nitro groups is 1. The fourth-order valence-electron chi connectivity index (χ4n) is 3.94. The second kappa shape index (κ2) is 7.02. The molecule has 0 bridgehead atoms. The minimum atomic E-state index is -0.969. The van der Waals surface area contributed by atoms with E-state index in [-0.39, 0.29) is 11.7 Å². The molecule has 8 nitrogen and oxygen atoms in total. The molecule has 1 aliphatic heterocycles. The van der Waals surface area contributed by atoms with Crippen LogP contribution in [0.5, 0.6) is 0 Å². The Kier molecular flexibility index (Phi) is 4.91. The quantitative estimate of drug-likeness (QED) is 0.648. The Labute approximate surface area is 157 Å². The van der Waals surface area contributed by atoms with Crippen LogP contribution in [-0.4, -0.2) is 50.7 Å². The van der Waals surface area contributed by atoms with Crippen molar-refractivity contribution in [3.05, 3.63) is 40.6 Å². The molecule has 1 amide bonds. The third-order valence-electron chi connectivity index (χ3n) is 4.93. The molecule has 0 aliphatic carbocycles. The molecule has 0 saturated carbocycles. The normalized spacial score (nSPS) is 17.7. The van der Waals surface area contributed by atoms with Crippen LogP contribution in [-0.2, 0) is 0 Å². The lowest BCUT2D eigenvalue weighted by Gasteiger charge is -2.44. The first-order valence-electron chi connectivity index (χ1n) is 8.99. The molecule has 1 aliphatic rings. The van der Waals surface area contributed by atoms with Crippen molar-refractivity contribution in [1.29, 1.82) is 0 Å². The van der Waals surface area contributed by atoms with Crippen LogP contribution < -0.4 is 4.90 Å². The van der Waals surface area contributed by atoms with Crippen molar-refractivity contribution in [3.8, 4) is 0 Å². The molecule has 1 fully saturated rings. The number of fused-ring (bicyclic) bond motifs is 1. The van der Waals surface area contributed by atoms with E-state index in [1.165, 1.54) is 11.1 Å². The number of carboxylic acid groups (broad SMARTS) is 1. The van der Waals surface area contributed by atoms with Gasteiger partial charge < -0.3 is 10.0 Å². The van der Waals surface area contributed by atoms with E-state index in [0.717, 1.165) is 12.8 Å². The smallest absolute Gasteiger partial charge is 0.408 e. The zero-order valence-corrected chi connectivity index (χ0v) is 15.8. The molecule has 0 spiro atoms. The minimum Gasteiger partial charge on any atom is -0.465 e. The molecular formula is C19H24N4O4. The maximum absolute atomic E-state index is 11.9. The number of benzene rings is 1. The summed E-state index contributed by atoms with van der Waals surface area (Å²) in [6.07, 6.45) is 1.82. The largest absolute Gasteiger partial charge is 0.465 e. The van der Waals surface area contributed by atoms with Crippen molar-refractivity contribution < 1.29 is 14.8 Å². The third kappa shape index (κ3) is 3.65. The molecule has 27 heavy (non-hydrogen) atoms. The zero-order chi connectivity index (χ0) is 19.8. The van der Waals surface area contributed by atoms with Crippen molar-refractivity contribution in [2.75, 3.05) is 18.0 Å². The number of amides is 1. The number of hydrogen-bond donors (Lipinski definition) is 1. The van der Waals surface area contributed by atoms with Gasteiger partial charge in [0.1, 0.15) is 11.9 Å². The van der Waals surface area contributed by atoms with E-state index in [1.807, 2.05) is 49.9 Å². The Hall–Kier alpha value is -2.90. The number of para-hydroxylation sites is 1. The highest BCUT2D eigenvalue weighted by Gasteiger charge is 2.37. The highest BCUT2D eigenvalue weighted by molar-refractivity contribution is 5.96. The van der Waals surface area contributed by atoms with E-state index in [4.69, 9.17) is 0 Å². The van der Waals surface area contributed by atoms with Crippen LogP contribution >= 0.6 is 0 Å². The molecule has 144 valence electrons. The Bertz CT molecular complexity index is 878. The average Bonchev–Trinajstić information content (AvgIpc) is 2.59. The molecule has 0 radical (unpaired) electrons. The highest BCUT2D eigenvalue weighted by Crippen LogP contribution is 2.37. The number of aromatic nitrogens is 1. The first-order valence-corrected chi connectivity index (χ1v) is 8.99. The predicted octanol–water partition coefficient (Wildman–Crippen LogP) is 3.89. The number of pyridine rings is 1. The Morgan fingerprint density at radius 2 is 2.07 bits per heavy atom. The number of nitrogens with zero attached hydrogens (tertiary/aromatic N) is 4. The number of carbonyl (C=O) groups is 1. The minimum absolute atomic E-state index is 0.0491. The lowest BCUT2D eigenvalue weighted by atomic mass is 9.97.